The average Bonchev–Trinajstić information content (AvgIpc) is 2.49. The maximum absolute atomic E-state index is 3.65. The predicted molar refractivity (Wildman–Crippen MR) is 94.1 cm³/mol. The van der Waals surface area contributed by atoms with E-state index >= 15 is 0 Å². The molecular weight excluding hydrogens is 256 g/mol. The van der Waals surface area contributed by atoms with Crippen LogP contribution in [0.3, 0.4) is 0 Å². The van der Waals surface area contributed by atoms with Gasteiger partial charge in [-0.25, -0.2) is 0 Å². The summed E-state index contributed by atoms with van der Waals surface area (Å²) in [5, 5.41) is 3.65. The molecule has 1 N–H and O–H groups in total. The molecule has 0 aliphatic heterocycles. The van der Waals surface area contributed by atoms with Crippen LogP contribution in [0.5, 0.6) is 0 Å². The van der Waals surface area contributed by atoms with Gasteiger partial charge in [0.15, 0.2) is 0 Å². The van der Waals surface area contributed by atoms with Gasteiger partial charge in [0, 0.05) is 6.04 Å². The molecule has 21 heavy (non-hydrogen) atoms. The van der Waals surface area contributed by atoms with Crippen molar-refractivity contribution in [3.8, 4) is 0 Å². The summed E-state index contributed by atoms with van der Waals surface area (Å²) in [5.41, 5.74) is 2.88. The van der Waals surface area contributed by atoms with Crippen LogP contribution in [0.15, 0.2) is 24.3 Å². The van der Waals surface area contributed by atoms with E-state index in [9.17, 15) is 0 Å². The zero-order valence-electron chi connectivity index (χ0n) is 14.7. The Morgan fingerprint density at radius 2 is 1.62 bits per heavy atom. The third-order valence-electron chi connectivity index (χ3n) is 4.31. The Labute approximate surface area is 131 Å². The SMILES string of the molecule is CCNC(CCN(CC)CC)Cc1ccc(C(C)C)cc1. The van der Waals surface area contributed by atoms with Crippen LogP contribution in [-0.2, 0) is 6.42 Å². The van der Waals surface area contributed by atoms with E-state index in [1.165, 1.54) is 24.1 Å². The van der Waals surface area contributed by atoms with E-state index in [4.69, 9.17) is 0 Å². The first-order valence-electron chi connectivity index (χ1n) is 8.65. The van der Waals surface area contributed by atoms with Crippen molar-refractivity contribution in [3.05, 3.63) is 35.4 Å². The van der Waals surface area contributed by atoms with Crippen molar-refractivity contribution >= 4 is 0 Å². The molecule has 0 saturated heterocycles. The number of hydrogen-bond acceptors (Lipinski definition) is 2. The topological polar surface area (TPSA) is 15.3 Å². The van der Waals surface area contributed by atoms with Gasteiger partial charge in [-0.1, -0.05) is 58.9 Å². The van der Waals surface area contributed by atoms with E-state index in [-0.39, 0.29) is 0 Å². The maximum Gasteiger partial charge on any atom is 0.0119 e. The summed E-state index contributed by atoms with van der Waals surface area (Å²) in [4.78, 5) is 2.51. The fraction of sp³-hybridized carbons (Fsp3) is 0.684. The molecule has 0 saturated carbocycles. The van der Waals surface area contributed by atoms with Crippen molar-refractivity contribution in [1.82, 2.24) is 10.2 Å². The molecule has 0 amide bonds. The summed E-state index contributed by atoms with van der Waals surface area (Å²) >= 11 is 0. The summed E-state index contributed by atoms with van der Waals surface area (Å²) in [6, 6.07) is 9.76. The number of likely N-dealkylation sites (N-methyl/N-ethyl adjacent to an activating group) is 1. The van der Waals surface area contributed by atoms with E-state index in [1.54, 1.807) is 0 Å². The Balaban J connectivity index is 2.56. The van der Waals surface area contributed by atoms with Gasteiger partial charge in [-0.15, -0.1) is 0 Å². The number of hydrogen-bond donors (Lipinski definition) is 1. The molecular formula is C19H34N2. The molecule has 2 heteroatoms. The van der Waals surface area contributed by atoms with Crippen molar-refractivity contribution < 1.29 is 0 Å². The molecule has 0 fully saturated rings. The van der Waals surface area contributed by atoms with E-state index < -0.39 is 0 Å². The standard InChI is InChI=1S/C19H34N2/c1-6-20-19(13-14-21(7-2)8-3)15-17-9-11-18(12-10-17)16(4)5/h9-12,16,19-20H,6-8,13-15H2,1-5H3. The lowest BCUT2D eigenvalue weighted by Crippen LogP contribution is -2.35. The zero-order chi connectivity index (χ0) is 15.7. The first-order chi connectivity index (χ1) is 10.1. The second-order valence-electron chi connectivity index (χ2n) is 6.17. The van der Waals surface area contributed by atoms with Crippen LogP contribution in [0.1, 0.15) is 58.1 Å². The number of rotatable bonds is 10. The molecule has 0 radical (unpaired) electrons. The van der Waals surface area contributed by atoms with Crippen LogP contribution in [0, 0.1) is 0 Å². The van der Waals surface area contributed by atoms with Crippen LogP contribution in [-0.4, -0.2) is 37.1 Å². The van der Waals surface area contributed by atoms with E-state index in [0.717, 1.165) is 26.1 Å². The molecule has 0 heterocycles. The highest BCUT2D eigenvalue weighted by Gasteiger charge is 2.10. The largest absolute Gasteiger partial charge is 0.314 e. The summed E-state index contributed by atoms with van der Waals surface area (Å²) in [6.07, 6.45) is 2.36. The molecule has 1 unspecified atom stereocenters. The van der Waals surface area contributed by atoms with Crippen LogP contribution >= 0.6 is 0 Å². The first kappa shape index (κ1) is 18.2. The quantitative estimate of drug-likeness (QED) is 0.699. The predicted octanol–water partition coefficient (Wildman–Crippen LogP) is 4.06. The lowest BCUT2D eigenvalue weighted by atomic mass is 9.98. The summed E-state index contributed by atoms with van der Waals surface area (Å²) in [5.74, 6) is 0.617. The Morgan fingerprint density at radius 1 is 1.00 bits per heavy atom. The Hall–Kier alpha value is -0.860. The second-order valence-corrected chi connectivity index (χ2v) is 6.17. The van der Waals surface area contributed by atoms with Crippen molar-refractivity contribution in [3.63, 3.8) is 0 Å². The van der Waals surface area contributed by atoms with Gasteiger partial charge in [0.1, 0.15) is 0 Å². The minimum Gasteiger partial charge on any atom is -0.314 e. The highest BCUT2D eigenvalue weighted by atomic mass is 15.1. The molecule has 0 aliphatic carbocycles. The zero-order valence-corrected chi connectivity index (χ0v) is 14.7. The lowest BCUT2D eigenvalue weighted by Gasteiger charge is -2.23. The van der Waals surface area contributed by atoms with Crippen molar-refractivity contribution in [2.45, 2.75) is 59.4 Å². The van der Waals surface area contributed by atoms with Crippen LogP contribution in [0.2, 0.25) is 0 Å². The van der Waals surface area contributed by atoms with Gasteiger partial charge in [-0.05, 0) is 56.1 Å². The van der Waals surface area contributed by atoms with Crippen molar-refractivity contribution in [1.29, 1.82) is 0 Å². The Morgan fingerprint density at radius 3 is 2.10 bits per heavy atom. The third-order valence-corrected chi connectivity index (χ3v) is 4.31. The fourth-order valence-electron chi connectivity index (χ4n) is 2.77. The fourth-order valence-corrected chi connectivity index (χ4v) is 2.77. The molecule has 120 valence electrons. The number of nitrogens with one attached hydrogen (secondary N) is 1. The summed E-state index contributed by atoms with van der Waals surface area (Å²) in [6.45, 7) is 15.7. The smallest absolute Gasteiger partial charge is 0.0119 e. The molecule has 1 rings (SSSR count). The molecule has 0 bridgehead atoms. The van der Waals surface area contributed by atoms with E-state index in [1.807, 2.05) is 0 Å². The maximum atomic E-state index is 3.65. The van der Waals surface area contributed by atoms with Gasteiger partial charge >= 0.3 is 0 Å². The van der Waals surface area contributed by atoms with Crippen LogP contribution in [0.25, 0.3) is 0 Å². The molecule has 1 aromatic carbocycles. The van der Waals surface area contributed by atoms with Crippen LogP contribution in [0.4, 0.5) is 0 Å². The normalized spacial score (nSPS) is 13.1. The minimum absolute atomic E-state index is 0.584. The lowest BCUT2D eigenvalue weighted by molar-refractivity contribution is 0.281. The minimum atomic E-state index is 0.584. The molecule has 1 aromatic rings. The highest BCUT2D eigenvalue weighted by Crippen LogP contribution is 2.16. The van der Waals surface area contributed by atoms with Gasteiger partial charge < -0.3 is 10.2 Å². The van der Waals surface area contributed by atoms with Crippen molar-refractivity contribution in [2.75, 3.05) is 26.2 Å². The number of nitrogens with zero attached hydrogens (tertiary/aromatic N) is 1. The monoisotopic (exact) mass is 290 g/mol. The highest BCUT2D eigenvalue weighted by molar-refractivity contribution is 5.25. The summed E-state index contributed by atoms with van der Waals surface area (Å²) < 4.78 is 0. The summed E-state index contributed by atoms with van der Waals surface area (Å²) in [7, 11) is 0. The van der Waals surface area contributed by atoms with Crippen molar-refractivity contribution in [2.24, 2.45) is 0 Å². The van der Waals surface area contributed by atoms with Gasteiger partial charge in [0.05, 0.1) is 0 Å². The Kier molecular flexibility index (Phi) is 8.63. The molecule has 0 aromatic heterocycles. The third kappa shape index (κ3) is 6.62. The molecule has 2 nitrogen and oxygen atoms in total. The van der Waals surface area contributed by atoms with E-state index in [2.05, 4.69) is 69.1 Å². The first-order valence-corrected chi connectivity index (χ1v) is 8.65. The van der Waals surface area contributed by atoms with E-state index in [0.29, 0.717) is 12.0 Å². The molecule has 0 spiro atoms. The average molecular weight is 290 g/mol. The van der Waals surface area contributed by atoms with Gasteiger partial charge in [0.2, 0.25) is 0 Å². The van der Waals surface area contributed by atoms with Gasteiger partial charge in [0.25, 0.3) is 0 Å². The second kappa shape index (κ2) is 9.97. The van der Waals surface area contributed by atoms with Gasteiger partial charge in [-0.2, -0.15) is 0 Å². The van der Waals surface area contributed by atoms with Crippen LogP contribution < -0.4 is 5.32 Å². The number of benzene rings is 1. The van der Waals surface area contributed by atoms with Gasteiger partial charge in [-0.3, -0.25) is 0 Å². The Bertz CT molecular complexity index is 366. The molecule has 0 aliphatic rings. The molecule has 1 atom stereocenters.